The SMILES string of the molecule is COc1cc(OC)c(CN2CCN(C)C(C(c3ccccc3)c3ccccc3)C2)c(OC)c1. The van der Waals surface area contributed by atoms with Crippen LogP contribution in [0.25, 0.3) is 0 Å². The lowest BCUT2D eigenvalue weighted by Gasteiger charge is -2.43. The number of methoxy groups -OCH3 is 3. The third kappa shape index (κ3) is 5.15. The third-order valence-corrected chi connectivity index (χ3v) is 6.68. The highest BCUT2D eigenvalue weighted by atomic mass is 16.5. The van der Waals surface area contributed by atoms with Crippen molar-refractivity contribution in [2.24, 2.45) is 0 Å². The minimum atomic E-state index is 0.292. The maximum Gasteiger partial charge on any atom is 0.130 e. The van der Waals surface area contributed by atoms with Gasteiger partial charge in [-0.25, -0.2) is 0 Å². The summed E-state index contributed by atoms with van der Waals surface area (Å²) >= 11 is 0. The van der Waals surface area contributed by atoms with Gasteiger partial charge in [0.1, 0.15) is 17.2 Å². The fourth-order valence-corrected chi connectivity index (χ4v) is 4.88. The van der Waals surface area contributed by atoms with Crippen molar-refractivity contribution in [2.45, 2.75) is 18.5 Å². The summed E-state index contributed by atoms with van der Waals surface area (Å²) in [6, 6.07) is 25.9. The quantitative estimate of drug-likeness (QED) is 0.503. The van der Waals surface area contributed by atoms with Crippen LogP contribution < -0.4 is 14.2 Å². The molecule has 0 saturated carbocycles. The van der Waals surface area contributed by atoms with E-state index in [1.54, 1.807) is 21.3 Å². The lowest BCUT2D eigenvalue weighted by molar-refractivity contribution is 0.0804. The van der Waals surface area contributed by atoms with Crippen LogP contribution in [-0.2, 0) is 6.54 Å². The van der Waals surface area contributed by atoms with Crippen LogP contribution in [0.4, 0.5) is 0 Å². The molecule has 5 nitrogen and oxygen atoms in total. The molecule has 0 aromatic heterocycles. The van der Waals surface area contributed by atoms with Gasteiger partial charge in [-0.2, -0.15) is 0 Å². The molecular weight excluding hydrogens is 412 g/mol. The Bertz CT molecular complexity index is 961. The van der Waals surface area contributed by atoms with E-state index in [1.165, 1.54) is 11.1 Å². The number of benzene rings is 3. The van der Waals surface area contributed by atoms with Gasteiger partial charge < -0.3 is 14.2 Å². The topological polar surface area (TPSA) is 34.2 Å². The van der Waals surface area contributed by atoms with Crippen LogP contribution in [0.5, 0.6) is 17.2 Å². The summed E-state index contributed by atoms with van der Waals surface area (Å²) < 4.78 is 16.8. The van der Waals surface area contributed by atoms with Crippen LogP contribution >= 0.6 is 0 Å². The Balaban J connectivity index is 1.64. The van der Waals surface area contributed by atoms with Crippen molar-refractivity contribution in [3.63, 3.8) is 0 Å². The Morgan fingerprint density at radius 3 is 1.82 bits per heavy atom. The summed E-state index contributed by atoms with van der Waals surface area (Å²) in [5, 5.41) is 0. The van der Waals surface area contributed by atoms with E-state index in [4.69, 9.17) is 14.2 Å². The maximum atomic E-state index is 5.71. The van der Waals surface area contributed by atoms with Gasteiger partial charge in [-0.05, 0) is 18.2 Å². The summed E-state index contributed by atoms with van der Waals surface area (Å²) in [7, 11) is 7.30. The smallest absolute Gasteiger partial charge is 0.130 e. The van der Waals surface area contributed by atoms with Gasteiger partial charge in [-0.1, -0.05) is 60.7 Å². The Labute approximate surface area is 197 Å². The molecule has 1 saturated heterocycles. The van der Waals surface area contributed by atoms with Gasteiger partial charge in [0.05, 0.1) is 26.9 Å². The highest BCUT2D eigenvalue weighted by molar-refractivity contribution is 5.50. The lowest BCUT2D eigenvalue weighted by Crippen LogP contribution is -2.53. The van der Waals surface area contributed by atoms with Crippen molar-refractivity contribution in [3.05, 3.63) is 89.5 Å². The van der Waals surface area contributed by atoms with E-state index >= 15 is 0 Å². The molecule has 1 aliphatic heterocycles. The first-order valence-electron chi connectivity index (χ1n) is 11.5. The zero-order chi connectivity index (χ0) is 23.2. The molecule has 0 aliphatic carbocycles. The predicted octanol–water partition coefficient (Wildman–Crippen LogP) is 4.66. The predicted molar refractivity (Wildman–Crippen MR) is 133 cm³/mol. The monoisotopic (exact) mass is 446 g/mol. The van der Waals surface area contributed by atoms with Crippen molar-refractivity contribution in [1.29, 1.82) is 0 Å². The van der Waals surface area contributed by atoms with E-state index in [2.05, 4.69) is 77.5 Å². The third-order valence-electron chi connectivity index (χ3n) is 6.68. The van der Waals surface area contributed by atoms with Crippen molar-refractivity contribution < 1.29 is 14.2 Å². The van der Waals surface area contributed by atoms with Crippen LogP contribution in [0.2, 0.25) is 0 Å². The summed E-state index contributed by atoms with van der Waals surface area (Å²) in [5.74, 6) is 2.62. The lowest BCUT2D eigenvalue weighted by atomic mass is 9.83. The van der Waals surface area contributed by atoms with E-state index < -0.39 is 0 Å². The van der Waals surface area contributed by atoms with E-state index in [9.17, 15) is 0 Å². The molecule has 0 N–H and O–H groups in total. The average molecular weight is 447 g/mol. The molecule has 1 unspecified atom stereocenters. The maximum absolute atomic E-state index is 5.71. The van der Waals surface area contributed by atoms with Crippen LogP contribution in [-0.4, -0.2) is 63.9 Å². The van der Waals surface area contributed by atoms with Crippen LogP contribution in [0.15, 0.2) is 72.8 Å². The zero-order valence-corrected chi connectivity index (χ0v) is 20.0. The average Bonchev–Trinajstić information content (AvgIpc) is 2.87. The summed E-state index contributed by atoms with van der Waals surface area (Å²) in [6.45, 7) is 3.70. The molecule has 0 amide bonds. The number of piperazine rings is 1. The molecule has 0 spiro atoms. The largest absolute Gasteiger partial charge is 0.496 e. The number of ether oxygens (including phenoxy) is 3. The van der Waals surface area contributed by atoms with Gasteiger partial charge in [0, 0.05) is 50.3 Å². The van der Waals surface area contributed by atoms with Gasteiger partial charge in [-0.3, -0.25) is 9.80 Å². The summed E-state index contributed by atoms with van der Waals surface area (Å²) in [5.41, 5.74) is 3.75. The fraction of sp³-hybridized carbons (Fsp3) is 0.357. The first-order valence-corrected chi connectivity index (χ1v) is 11.5. The molecule has 1 fully saturated rings. The Morgan fingerprint density at radius 2 is 1.33 bits per heavy atom. The van der Waals surface area contributed by atoms with Crippen molar-refractivity contribution in [3.8, 4) is 17.2 Å². The van der Waals surface area contributed by atoms with Crippen molar-refractivity contribution >= 4 is 0 Å². The van der Waals surface area contributed by atoms with Gasteiger partial charge in [0.25, 0.3) is 0 Å². The first kappa shape index (κ1) is 23.1. The van der Waals surface area contributed by atoms with Gasteiger partial charge >= 0.3 is 0 Å². The van der Waals surface area contributed by atoms with E-state index in [1.807, 2.05) is 12.1 Å². The van der Waals surface area contributed by atoms with E-state index in [0.717, 1.165) is 49.0 Å². The molecule has 5 heteroatoms. The molecule has 1 heterocycles. The fourth-order valence-electron chi connectivity index (χ4n) is 4.88. The molecule has 1 aliphatic rings. The molecule has 174 valence electrons. The molecular formula is C28H34N2O3. The summed E-state index contributed by atoms with van der Waals surface area (Å²) in [6.07, 6.45) is 0. The second kappa shape index (κ2) is 10.7. The standard InChI is InChI=1S/C28H34N2O3/c1-29-15-16-30(19-24-26(32-3)17-23(31-2)18-27(24)33-4)20-25(29)28(21-11-7-5-8-12-21)22-13-9-6-10-14-22/h5-14,17-18,25,28H,15-16,19-20H2,1-4H3. The number of hydrogen-bond acceptors (Lipinski definition) is 5. The second-order valence-electron chi connectivity index (χ2n) is 8.59. The highest BCUT2D eigenvalue weighted by Crippen LogP contribution is 2.37. The van der Waals surface area contributed by atoms with Crippen molar-refractivity contribution in [2.75, 3.05) is 48.0 Å². The number of likely N-dealkylation sites (N-methyl/N-ethyl adjacent to an activating group) is 1. The molecule has 0 bridgehead atoms. The Kier molecular flexibility index (Phi) is 7.53. The first-order chi connectivity index (χ1) is 16.1. The molecule has 1 atom stereocenters. The summed E-state index contributed by atoms with van der Waals surface area (Å²) in [4.78, 5) is 5.01. The number of nitrogens with zero attached hydrogens (tertiary/aromatic N) is 2. The molecule has 3 aromatic carbocycles. The second-order valence-corrected chi connectivity index (χ2v) is 8.59. The molecule has 0 radical (unpaired) electrons. The van der Waals surface area contributed by atoms with Gasteiger partial charge in [0.15, 0.2) is 0 Å². The van der Waals surface area contributed by atoms with E-state index in [-0.39, 0.29) is 0 Å². The molecule has 33 heavy (non-hydrogen) atoms. The Morgan fingerprint density at radius 1 is 0.788 bits per heavy atom. The minimum Gasteiger partial charge on any atom is -0.496 e. The van der Waals surface area contributed by atoms with Gasteiger partial charge in [0.2, 0.25) is 0 Å². The molecule has 3 aromatic rings. The normalized spacial score (nSPS) is 17.2. The highest BCUT2D eigenvalue weighted by Gasteiger charge is 2.33. The van der Waals surface area contributed by atoms with Crippen LogP contribution in [0.3, 0.4) is 0 Å². The molecule has 4 rings (SSSR count). The zero-order valence-electron chi connectivity index (χ0n) is 20.0. The number of rotatable bonds is 8. The minimum absolute atomic E-state index is 0.292. The Hall–Kier alpha value is -3.02. The van der Waals surface area contributed by atoms with Crippen LogP contribution in [0.1, 0.15) is 22.6 Å². The van der Waals surface area contributed by atoms with E-state index in [0.29, 0.717) is 12.0 Å². The van der Waals surface area contributed by atoms with Gasteiger partial charge in [-0.15, -0.1) is 0 Å². The van der Waals surface area contributed by atoms with Crippen LogP contribution in [0, 0.1) is 0 Å². The number of hydrogen-bond donors (Lipinski definition) is 0. The van der Waals surface area contributed by atoms with Crippen molar-refractivity contribution in [1.82, 2.24) is 9.80 Å².